The molecule has 0 atom stereocenters. The molecule has 78 valence electrons. The summed E-state index contributed by atoms with van der Waals surface area (Å²) in [5, 5.41) is 15.4. The lowest BCUT2D eigenvalue weighted by Gasteiger charge is -2.00. The Bertz CT molecular complexity index is 431. The van der Waals surface area contributed by atoms with Crippen molar-refractivity contribution >= 4 is 5.82 Å². The van der Waals surface area contributed by atoms with Crippen LogP contribution in [0.3, 0.4) is 0 Å². The van der Waals surface area contributed by atoms with E-state index in [1.54, 1.807) is 10.9 Å². The van der Waals surface area contributed by atoms with Crippen LogP contribution >= 0.6 is 0 Å². The molecule has 0 unspecified atom stereocenters. The molecule has 2 aromatic rings. The van der Waals surface area contributed by atoms with Crippen molar-refractivity contribution in [2.45, 2.75) is 6.92 Å². The van der Waals surface area contributed by atoms with Crippen molar-refractivity contribution < 1.29 is 0 Å². The number of rotatable bonds is 3. The van der Waals surface area contributed by atoms with Gasteiger partial charge in [-0.25, -0.2) is 0 Å². The van der Waals surface area contributed by atoms with E-state index >= 15 is 0 Å². The molecule has 0 aliphatic rings. The maximum atomic E-state index is 4.12. The molecule has 0 aromatic carbocycles. The van der Waals surface area contributed by atoms with Crippen molar-refractivity contribution in [1.29, 1.82) is 0 Å². The van der Waals surface area contributed by atoms with Crippen LogP contribution < -0.4 is 5.32 Å². The van der Waals surface area contributed by atoms with Gasteiger partial charge in [0.2, 0.25) is 0 Å². The maximum absolute atomic E-state index is 4.12. The SMILES string of the molecule is CCNc1ccc(-c2cnn(C)c2)nn1. The first kappa shape index (κ1) is 9.64. The molecule has 0 radical (unpaired) electrons. The van der Waals surface area contributed by atoms with Crippen molar-refractivity contribution in [3.63, 3.8) is 0 Å². The summed E-state index contributed by atoms with van der Waals surface area (Å²) in [6.07, 6.45) is 3.69. The molecule has 0 spiro atoms. The number of aromatic nitrogens is 4. The summed E-state index contributed by atoms with van der Waals surface area (Å²) in [5.41, 5.74) is 1.82. The third-order valence-electron chi connectivity index (χ3n) is 2.02. The molecule has 2 aromatic heterocycles. The van der Waals surface area contributed by atoms with Gasteiger partial charge in [-0.3, -0.25) is 4.68 Å². The van der Waals surface area contributed by atoms with Crippen LogP contribution in [0.1, 0.15) is 6.92 Å². The molecule has 0 aliphatic heterocycles. The molecule has 0 aliphatic carbocycles. The second-order valence-electron chi connectivity index (χ2n) is 3.24. The summed E-state index contributed by atoms with van der Waals surface area (Å²) in [5.74, 6) is 0.796. The highest BCUT2D eigenvalue weighted by Crippen LogP contribution is 2.15. The molecular weight excluding hydrogens is 190 g/mol. The van der Waals surface area contributed by atoms with E-state index in [0.717, 1.165) is 23.6 Å². The zero-order valence-corrected chi connectivity index (χ0v) is 8.81. The van der Waals surface area contributed by atoms with E-state index in [2.05, 4.69) is 20.6 Å². The van der Waals surface area contributed by atoms with E-state index in [4.69, 9.17) is 0 Å². The fourth-order valence-electron chi connectivity index (χ4n) is 1.32. The minimum Gasteiger partial charge on any atom is -0.369 e. The van der Waals surface area contributed by atoms with Crippen molar-refractivity contribution in [3.05, 3.63) is 24.5 Å². The summed E-state index contributed by atoms with van der Waals surface area (Å²) >= 11 is 0. The Morgan fingerprint density at radius 1 is 1.33 bits per heavy atom. The van der Waals surface area contributed by atoms with Crippen molar-refractivity contribution in [2.75, 3.05) is 11.9 Å². The summed E-state index contributed by atoms with van der Waals surface area (Å²) in [6.45, 7) is 2.87. The molecule has 0 saturated carbocycles. The smallest absolute Gasteiger partial charge is 0.148 e. The molecule has 1 N–H and O–H groups in total. The van der Waals surface area contributed by atoms with Crippen LogP contribution in [0.4, 0.5) is 5.82 Å². The predicted octanol–water partition coefficient (Wildman–Crippen LogP) is 1.31. The summed E-state index contributed by atoms with van der Waals surface area (Å²) < 4.78 is 1.75. The number of nitrogens with one attached hydrogen (secondary N) is 1. The zero-order valence-electron chi connectivity index (χ0n) is 8.81. The van der Waals surface area contributed by atoms with Gasteiger partial charge in [-0.05, 0) is 19.1 Å². The van der Waals surface area contributed by atoms with Gasteiger partial charge in [-0.1, -0.05) is 0 Å². The number of nitrogens with zero attached hydrogens (tertiary/aromatic N) is 4. The van der Waals surface area contributed by atoms with Crippen LogP contribution in [0.15, 0.2) is 24.5 Å². The van der Waals surface area contributed by atoms with E-state index in [9.17, 15) is 0 Å². The van der Waals surface area contributed by atoms with Crippen LogP contribution in [-0.2, 0) is 7.05 Å². The highest BCUT2D eigenvalue weighted by atomic mass is 15.2. The number of hydrogen-bond donors (Lipinski definition) is 1. The quantitative estimate of drug-likeness (QED) is 0.817. The molecule has 0 fully saturated rings. The topological polar surface area (TPSA) is 55.6 Å². The fraction of sp³-hybridized carbons (Fsp3) is 0.300. The highest BCUT2D eigenvalue weighted by molar-refractivity contribution is 5.57. The maximum Gasteiger partial charge on any atom is 0.148 e. The fourth-order valence-corrected chi connectivity index (χ4v) is 1.32. The lowest BCUT2D eigenvalue weighted by atomic mass is 10.2. The standard InChI is InChI=1S/C10H13N5/c1-3-11-10-5-4-9(13-14-10)8-6-12-15(2)7-8/h4-7H,3H2,1-2H3,(H,11,14). The van der Waals surface area contributed by atoms with E-state index in [-0.39, 0.29) is 0 Å². The number of anilines is 1. The van der Waals surface area contributed by atoms with Gasteiger partial charge in [-0.2, -0.15) is 5.10 Å². The van der Waals surface area contributed by atoms with Gasteiger partial charge < -0.3 is 5.32 Å². The summed E-state index contributed by atoms with van der Waals surface area (Å²) in [4.78, 5) is 0. The van der Waals surface area contributed by atoms with E-state index in [0.29, 0.717) is 0 Å². The van der Waals surface area contributed by atoms with Gasteiger partial charge in [0, 0.05) is 25.4 Å². The van der Waals surface area contributed by atoms with Gasteiger partial charge in [-0.15, -0.1) is 10.2 Å². The van der Waals surface area contributed by atoms with Crippen molar-refractivity contribution in [2.24, 2.45) is 7.05 Å². The summed E-state index contributed by atoms with van der Waals surface area (Å²) in [7, 11) is 1.88. The number of aryl methyl sites for hydroxylation is 1. The van der Waals surface area contributed by atoms with Gasteiger partial charge in [0.1, 0.15) is 5.82 Å². The normalized spacial score (nSPS) is 10.3. The number of hydrogen-bond acceptors (Lipinski definition) is 4. The van der Waals surface area contributed by atoms with Crippen LogP contribution in [0.2, 0.25) is 0 Å². The second kappa shape index (κ2) is 4.08. The van der Waals surface area contributed by atoms with Crippen LogP contribution in [0.5, 0.6) is 0 Å². The minimum atomic E-state index is 0.796. The van der Waals surface area contributed by atoms with Gasteiger partial charge >= 0.3 is 0 Å². The van der Waals surface area contributed by atoms with Gasteiger partial charge in [0.05, 0.1) is 11.9 Å². The van der Waals surface area contributed by atoms with Crippen LogP contribution in [0, 0.1) is 0 Å². The molecule has 5 heteroatoms. The first-order valence-corrected chi connectivity index (χ1v) is 4.86. The average molecular weight is 203 g/mol. The van der Waals surface area contributed by atoms with E-state index < -0.39 is 0 Å². The van der Waals surface area contributed by atoms with Gasteiger partial charge in [0.25, 0.3) is 0 Å². The molecule has 0 bridgehead atoms. The summed E-state index contributed by atoms with van der Waals surface area (Å²) in [6, 6.07) is 3.85. The van der Waals surface area contributed by atoms with Crippen molar-refractivity contribution in [1.82, 2.24) is 20.0 Å². The Balaban J connectivity index is 2.23. The molecular formula is C10H13N5. The zero-order chi connectivity index (χ0) is 10.7. The van der Waals surface area contributed by atoms with E-state index in [1.165, 1.54) is 0 Å². The Hall–Kier alpha value is -1.91. The van der Waals surface area contributed by atoms with Crippen LogP contribution in [-0.4, -0.2) is 26.5 Å². The minimum absolute atomic E-state index is 0.796. The lowest BCUT2D eigenvalue weighted by Crippen LogP contribution is -2.00. The Kier molecular flexibility index (Phi) is 2.62. The Morgan fingerprint density at radius 3 is 2.73 bits per heavy atom. The molecule has 2 rings (SSSR count). The average Bonchev–Trinajstić information content (AvgIpc) is 2.67. The first-order chi connectivity index (χ1) is 7.29. The van der Waals surface area contributed by atoms with Crippen molar-refractivity contribution in [3.8, 4) is 11.3 Å². The second-order valence-corrected chi connectivity index (χ2v) is 3.24. The molecule has 0 amide bonds. The van der Waals surface area contributed by atoms with Crippen LogP contribution in [0.25, 0.3) is 11.3 Å². The molecule has 5 nitrogen and oxygen atoms in total. The van der Waals surface area contributed by atoms with Gasteiger partial charge in [0.15, 0.2) is 0 Å². The third-order valence-corrected chi connectivity index (χ3v) is 2.02. The monoisotopic (exact) mass is 203 g/mol. The molecule has 2 heterocycles. The predicted molar refractivity (Wildman–Crippen MR) is 58.4 cm³/mol. The molecule has 15 heavy (non-hydrogen) atoms. The Labute approximate surface area is 88.1 Å². The lowest BCUT2D eigenvalue weighted by molar-refractivity contribution is 0.768. The largest absolute Gasteiger partial charge is 0.369 e. The highest BCUT2D eigenvalue weighted by Gasteiger charge is 2.02. The van der Waals surface area contributed by atoms with E-state index in [1.807, 2.05) is 32.3 Å². The third kappa shape index (κ3) is 2.12. The first-order valence-electron chi connectivity index (χ1n) is 4.86. The molecule has 0 saturated heterocycles. The Morgan fingerprint density at radius 2 is 2.20 bits per heavy atom.